The van der Waals surface area contributed by atoms with Crippen LogP contribution in [0.15, 0.2) is 30.3 Å². The topological polar surface area (TPSA) is 152 Å². The van der Waals surface area contributed by atoms with Crippen LogP contribution in [0.5, 0.6) is 0 Å². The second kappa shape index (κ2) is 21.7. The van der Waals surface area contributed by atoms with Gasteiger partial charge >= 0.3 is 12.1 Å². The third-order valence-electron chi connectivity index (χ3n) is 9.01. The molecule has 0 spiro atoms. The van der Waals surface area contributed by atoms with E-state index in [0.717, 1.165) is 5.56 Å². The zero-order valence-electron chi connectivity index (χ0n) is 33.6. The number of esters is 1. The Bertz CT molecular complexity index is 1250. The van der Waals surface area contributed by atoms with Crippen LogP contribution in [0.25, 0.3) is 0 Å². The summed E-state index contributed by atoms with van der Waals surface area (Å²) < 4.78 is 10.8. The Morgan fingerprint density at radius 2 is 0.980 bits per heavy atom. The van der Waals surface area contributed by atoms with Crippen LogP contribution in [0, 0.1) is 35.5 Å². The summed E-state index contributed by atoms with van der Waals surface area (Å²) in [6.45, 7) is 24.7. The van der Waals surface area contributed by atoms with Crippen molar-refractivity contribution >= 4 is 29.8 Å². The Labute approximate surface area is 307 Å². The van der Waals surface area contributed by atoms with E-state index in [1.807, 2.05) is 99.6 Å². The molecule has 1 aromatic carbocycles. The minimum Gasteiger partial charge on any atom is -0.461 e. The van der Waals surface area contributed by atoms with Crippen molar-refractivity contribution in [2.24, 2.45) is 35.5 Å². The van der Waals surface area contributed by atoms with Gasteiger partial charge in [0.2, 0.25) is 17.7 Å². The van der Waals surface area contributed by atoms with Crippen LogP contribution in [0.2, 0.25) is 0 Å². The Balaban J connectivity index is 2.62. The van der Waals surface area contributed by atoms with Crippen molar-refractivity contribution in [2.45, 2.75) is 152 Å². The average molecular weight is 717 g/mol. The van der Waals surface area contributed by atoms with Crippen molar-refractivity contribution in [3.05, 3.63) is 35.9 Å². The molecule has 0 saturated heterocycles. The molecule has 290 valence electrons. The summed E-state index contributed by atoms with van der Waals surface area (Å²) >= 11 is 0. The molecule has 51 heavy (non-hydrogen) atoms. The van der Waals surface area contributed by atoms with Gasteiger partial charge in [0.1, 0.15) is 12.2 Å². The summed E-state index contributed by atoms with van der Waals surface area (Å²) in [7, 11) is 0. The predicted octanol–water partition coefficient (Wildman–Crippen LogP) is 6.53. The lowest BCUT2D eigenvalue weighted by atomic mass is 9.91. The first-order chi connectivity index (χ1) is 23.6. The van der Waals surface area contributed by atoms with Crippen LogP contribution in [-0.2, 0) is 35.3 Å². The number of hydrogen-bond donors (Lipinski definition) is 4. The lowest BCUT2D eigenvalue weighted by Gasteiger charge is -2.29. The standard InChI is InChI=1S/C40H68N4O7/c1-24(2)33(43-37(47)27(6)20-31(10)42-39(49)51-40(11,12)13)21-28(7)35(45)41-30(9)19-26(5)36(46)44-34(25(3)4)22-29(8)38(48)50-23-32-17-15-14-16-18-32/h14-18,24-31,33-34H,19-23H2,1-13H3,(H,41,45)(H,42,49)(H,43,47)(H,44,46)/t26-,27-,28-,29-,30-,31-,33+,34+/m0/s1. The van der Waals surface area contributed by atoms with E-state index in [0.29, 0.717) is 25.7 Å². The summed E-state index contributed by atoms with van der Waals surface area (Å²) in [5.74, 6) is -1.98. The van der Waals surface area contributed by atoms with E-state index in [1.165, 1.54) is 0 Å². The lowest BCUT2D eigenvalue weighted by molar-refractivity contribution is -0.150. The molecule has 0 saturated carbocycles. The largest absolute Gasteiger partial charge is 0.461 e. The normalized spacial score (nSPS) is 16.5. The van der Waals surface area contributed by atoms with E-state index in [1.54, 1.807) is 20.8 Å². The van der Waals surface area contributed by atoms with Crippen LogP contribution < -0.4 is 21.3 Å². The van der Waals surface area contributed by atoms with Crippen molar-refractivity contribution in [3.8, 4) is 0 Å². The van der Waals surface area contributed by atoms with Gasteiger partial charge in [-0.2, -0.15) is 0 Å². The van der Waals surface area contributed by atoms with Gasteiger partial charge in [-0.15, -0.1) is 0 Å². The van der Waals surface area contributed by atoms with E-state index >= 15 is 0 Å². The molecule has 0 bridgehead atoms. The number of rotatable bonds is 20. The molecule has 11 nitrogen and oxygen atoms in total. The van der Waals surface area contributed by atoms with E-state index in [9.17, 15) is 24.0 Å². The predicted molar refractivity (Wildman–Crippen MR) is 201 cm³/mol. The molecule has 0 aliphatic heterocycles. The number of hydrogen-bond acceptors (Lipinski definition) is 7. The van der Waals surface area contributed by atoms with E-state index in [2.05, 4.69) is 21.3 Å². The zero-order chi connectivity index (χ0) is 39.1. The smallest absolute Gasteiger partial charge is 0.407 e. The van der Waals surface area contributed by atoms with Crippen molar-refractivity contribution in [2.75, 3.05) is 0 Å². The molecule has 11 heteroatoms. The highest BCUT2D eigenvalue weighted by Crippen LogP contribution is 2.19. The third kappa shape index (κ3) is 18.4. The van der Waals surface area contributed by atoms with E-state index in [-0.39, 0.29) is 90.0 Å². The summed E-state index contributed by atoms with van der Waals surface area (Å²) in [6, 6.07) is 8.58. The number of ether oxygens (including phenoxy) is 2. The van der Waals surface area contributed by atoms with E-state index < -0.39 is 11.7 Å². The maximum Gasteiger partial charge on any atom is 0.407 e. The fraction of sp³-hybridized carbons (Fsp3) is 0.725. The quantitative estimate of drug-likeness (QED) is 0.112. The van der Waals surface area contributed by atoms with Crippen LogP contribution in [0.4, 0.5) is 4.79 Å². The van der Waals surface area contributed by atoms with Gasteiger partial charge in [0.05, 0.1) is 5.92 Å². The fourth-order valence-electron chi connectivity index (χ4n) is 5.77. The van der Waals surface area contributed by atoms with Crippen LogP contribution in [0.3, 0.4) is 0 Å². The molecule has 4 N–H and O–H groups in total. The molecule has 0 aromatic heterocycles. The van der Waals surface area contributed by atoms with Crippen molar-refractivity contribution < 1.29 is 33.4 Å². The first-order valence-electron chi connectivity index (χ1n) is 18.7. The molecule has 0 unspecified atom stereocenters. The minimum atomic E-state index is -0.607. The number of benzene rings is 1. The molecule has 1 rings (SSSR count). The highest BCUT2D eigenvalue weighted by Gasteiger charge is 2.29. The summed E-state index contributed by atoms with van der Waals surface area (Å²) in [5.41, 5.74) is 0.314. The molecular weight excluding hydrogens is 648 g/mol. The first kappa shape index (κ1) is 45.4. The SMILES string of the molecule is CC(C)[C@@H](C[C@H](C)C(=O)N[C@@H](C)C[C@H](C)C(=O)N[C@H](C[C@H](C)C(=O)OCc1ccccc1)C(C)C)NC(=O)[C@@H](C)C[C@H](C)NC(=O)OC(C)(C)C. The number of alkyl carbamates (subject to hydrolysis) is 1. The molecule has 0 radical (unpaired) electrons. The van der Waals surface area contributed by atoms with Gasteiger partial charge in [-0.05, 0) is 77.7 Å². The Morgan fingerprint density at radius 1 is 0.569 bits per heavy atom. The summed E-state index contributed by atoms with van der Waals surface area (Å²) in [4.78, 5) is 64.3. The third-order valence-corrected chi connectivity index (χ3v) is 9.01. The number of carbonyl (C=O) groups excluding carboxylic acids is 5. The summed E-state index contributed by atoms with van der Waals surface area (Å²) in [6.07, 6.45) is 1.28. The minimum absolute atomic E-state index is 0.0946. The zero-order valence-corrected chi connectivity index (χ0v) is 33.6. The number of carbonyl (C=O) groups is 5. The Kier molecular flexibility index (Phi) is 19.3. The van der Waals surface area contributed by atoms with Gasteiger partial charge < -0.3 is 30.7 Å². The second-order valence-electron chi connectivity index (χ2n) is 16.3. The maximum absolute atomic E-state index is 13.2. The maximum atomic E-state index is 13.2. The van der Waals surface area contributed by atoms with Crippen molar-refractivity contribution in [3.63, 3.8) is 0 Å². The molecule has 0 fully saturated rings. The lowest BCUT2D eigenvalue weighted by Crippen LogP contribution is -2.46. The molecule has 8 atom stereocenters. The molecule has 4 amide bonds. The molecule has 0 aliphatic rings. The first-order valence-corrected chi connectivity index (χ1v) is 18.7. The Morgan fingerprint density at radius 3 is 1.43 bits per heavy atom. The highest BCUT2D eigenvalue weighted by atomic mass is 16.6. The van der Waals surface area contributed by atoms with Crippen LogP contribution in [-0.4, -0.2) is 59.6 Å². The second-order valence-corrected chi connectivity index (χ2v) is 16.3. The van der Waals surface area contributed by atoms with Crippen molar-refractivity contribution in [1.29, 1.82) is 0 Å². The van der Waals surface area contributed by atoms with Gasteiger partial charge in [0.25, 0.3) is 0 Å². The monoisotopic (exact) mass is 717 g/mol. The van der Waals surface area contributed by atoms with Gasteiger partial charge in [0, 0.05) is 41.9 Å². The van der Waals surface area contributed by atoms with Crippen LogP contribution in [0.1, 0.15) is 121 Å². The summed E-state index contributed by atoms with van der Waals surface area (Å²) in [5, 5.41) is 12.1. The Hall–Kier alpha value is -3.63. The van der Waals surface area contributed by atoms with Gasteiger partial charge in [0.15, 0.2) is 0 Å². The molecule has 1 aromatic rings. The van der Waals surface area contributed by atoms with E-state index in [4.69, 9.17) is 9.47 Å². The number of amides is 4. The van der Waals surface area contributed by atoms with Crippen LogP contribution >= 0.6 is 0 Å². The average Bonchev–Trinajstić information content (AvgIpc) is 3.01. The van der Waals surface area contributed by atoms with Gasteiger partial charge in [-0.3, -0.25) is 19.2 Å². The molecule has 0 heterocycles. The molecule has 0 aliphatic carbocycles. The number of nitrogens with one attached hydrogen (secondary N) is 4. The van der Waals surface area contributed by atoms with Gasteiger partial charge in [-0.25, -0.2) is 4.79 Å². The van der Waals surface area contributed by atoms with Gasteiger partial charge in [-0.1, -0.05) is 85.7 Å². The van der Waals surface area contributed by atoms with Crippen molar-refractivity contribution in [1.82, 2.24) is 21.3 Å². The fourth-order valence-corrected chi connectivity index (χ4v) is 5.77. The molecular formula is C40H68N4O7. The highest BCUT2D eigenvalue weighted by molar-refractivity contribution is 5.81.